The monoisotopic (exact) mass is 402 g/mol. The van der Waals surface area contributed by atoms with Gasteiger partial charge in [0.25, 0.3) is 0 Å². The molecule has 8 nitrogen and oxygen atoms in total. The molecule has 2 N–H and O–H groups in total. The van der Waals surface area contributed by atoms with Crippen molar-refractivity contribution < 1.29 is 9.53 Å². The number of ether oxygens (including phenoxy) is 1. The minimum Gasteiger partial charge on any atom is -0.375 e. The molecule has 1 fully saturated rings. The molecular weight excluding hydrogens is 376 g/mol. The number of carbonyl (C=O) groups excluding carboxylic acids is 1. The number of aryl methyl sites for hydroxylation is 1. The molecule has 0 unspecified atom stereocenters. The molecule has 0 aromatic carbocycles. The first-order chi connectivity index (χ1) is 13.5. The first-order valence-electron chi connectivity index (χ1n) is 9.62. The van der Waals surface area contributed by atoms with Gasteiger partial charge in [-0.25, -0.2) is 15.0 Å². The molecule has 2 aliphatic heterocycles. The third-order valence-corrected chi connectivity index (χ3v) is 6.24. The lowest BCUT2D eigenvalue weighted by atomic mass is 9.83. The Labute approximate surface area is 168 Å². The van der Waals surface area contributed by atoms with Crippen LogP contribution in [0, 0.1) is 0 Å². The Hall–Kier alpha value is -2.26. The van der Waals surface area contributed by atoms with Crippen LogP contribution in [0.3, 0.4) is 0 Å². The van der Waals surface area contributed by atoms with Crippen molar-refractivity contribution in [1.82, 2.24) is 19.9 Å². The van der Waals surface area contributed by atoms with Crippen molar-refractivity contribution in [2.24, 2.45) is 0 Å². The first-order valence-corrected chi connectivity index (χ1v) is 10.5. The van der Waals surface area contributed by atoms with E-state index in [1.165, 1.54) is 11.3 Å². The van der Waals surface area contributed by atoms with E-state index in [2.05, 4.69) is 9.97 Å². The van der Waals surface area contributed by atoms with Gasteiger partial charge in [-0.1, -0.05) is 0 Å². The summed E-state index contributed by atoms with van der Waals surface area (Å²) in [5, 5.41) is 2.47. The summed E-state index contributed by atoms with van der Waals surface area (Å²) < 4.78 is 6.26. The van der Waals surface area contributed by atoms with Crippen molar-refractivity contribution >= 4 is 28.3 Å². The molecule has 0 atom stereocenters. The number of amides is 1. The first kappa shape index (κ1) is 19.1. The van der Waals surface area contributed by atoms with Gasteiger partial charge in [-0.15, -0.1) is 11.3 Å². The number of rotatable bonds is 4. The number of thiazole rings is 1. The molecule has 1 saturated heterocycles. The van der Waals surface area contributed by atoms with Gasteiger partial charge in [0.15, 0.2) is 5.13 Å². The van der Waals surface area contributed by atoms with E-state index in [-0.39, 0.29) is 5.91 Å². The second kappa shape index (κ2) is 7.63. The third kappa shape index (κ3) is 3.68. The third-order valence-electron chi connectivity index (χ3n) is 5.52. The predicted octanol–water partition coefficient (Wildman–Crippen LogP) is 1.60. The van der Waals surface area contributed by atoms with E-state index in [0.717, 1.165) is 36.2 Å². The fourth-order valence-electron chi connectivity index (χ4n) is 3.94. The summed E-state index contributed by atoms with van der Waals surface area (Å²) in [6.45, 7) is 2.04. The van der Waals surface area contributed by atoms with Crippen LogP contribution in [0.4, 0.5) is 11.1 Å². The Kier molecular flexibility index (Phi) is 5.20. The Morgan fingerprint density at radius 1 is 1.36 bits per heavy atom. The van der Waals surface area contributed by atoms with E-state index in [9.17, 15) is 4.79 Å². The zero-order chi connectivity index (χ0) is 19.7. The molecule has 9 heteroatoms. The summed E-state index contributed by atoms with van der Waals surface area (Å²) in [7, 11) is 3.88. The van der Waals surface area contributed by atoms with E-state index in [0.29, 0.717) is 43.6 Å². The highest BCUT2D eigenvalue weighted by Crippen LogP contribution is 2.40. The number of aromatic nitrogens is 3. The molecule has 4 heterocycles. The topological polar surface area (TPSA) is 97.5 Å². The van der Waals surface area contributed by atoms with Crippen molar-refractivity contribution in [2.75, 3.05) is 44.4 Å². The maximum absolute atomic E-state index is 12.6. The number of hydrogen-bond donors (Lipinski definition) is 1. The van der Waals surface area contributed by atoms with Crippen molar-refractivity contribution in [3.05, 3.63) is 28.5 Å². The summed E-state index contributed by atoms with van der Waals surface area (Å²) in [6, 6.07) is 0. The molecule has 0 bridgehead atoms. The molecule has 150 valence electrons. The molecule has 28 heavy (non-hydrogen) atoms. The molecule has 2 aromatic heterocycles. The second-order valence-electron chi connectivity index (χ2n) is 7.59. The fraction of sp³-hybridized carbons (Fsp3) is 0.579. The SMILES string of the molecule is CN(C)c1ncc2c(n1)C1(CCN(C(=O)CCc3csc(N)n3)CC1)OCC2. The van der Waals surface area contributed by atoms with Crippen LogP contribution in [0.5, 0.6) is 0 Å². The van der Waals surface area contributed by atoms with E-state index < -0.39 is 5.60 Å². The van der Waals surface area contributed by atoms with Gasteiger partial charge in [-0.05, 0) is 31.2 Å². The van der Waals surface area contributed by atoms with Crippen molar-refractivity contribution in [1.29, 1.82) is 0 Å². The number of nitrogens with zero attached hydrogens (tertiary/aromatic N) is 5. The standard InChI is InChI=1S/C19H26N6O2S/c1-24(2)18-21-11-13-5-10-27-19(16(13)23-18)6-8-25(9-7-19)15(26)4-3-14-12-28-17(20)22-14/h11-12H,3-10H2,1-2H3,(H2,20,22). The number of hydrogen-bond acceptors (Lipinski definition) is 8. The Morgan fingerprint density at radius 2 is 2.14 bits per heavy atom. The van der Waals surface area contributed by atoms with Crippen LogP contribution >= 0.6 is 11.3 Å². The van der Waals surface area contributed by atoms with Gasteiger partial charge in [-0.2, -0.15) is 0 Å². The smallest absolute Gasteiger partial charge is 0.225 e. The molecule has 0 radical (unpaired) electrons. The number of carbonyl (C=O) groups is 1. The quantitative estimate of drug-likeness (QED) is 0.829. The highest BCUT2D eigenvalue weighted by Gasteiger charge is 2.43. The molecule has 2 aliphatic rings. The van der Waals surface area contributed by atoms with Gasteiger partial charge in [0, 0.05) is 45.2 Å². The second-order valence-corrected chi connectivity index (χ2v) is 8.48. The highest BCUT2D eigenvalue weighted by atomic mass is 32.1. The van der Waals surface area contributed by atoms with E-state index in [1.807, 2.05) is 35.5 Å². The van der Waals surface area contributed by atoms with Crippen LogP contribution in [-0.4, -0.2) is 59.6 Å². The highest BCUT2D eigenvalue weighted by molar-refractivity contribution is 7.13. The Morgan fingerprint density at radius 3 is 2.82 bits per heavy atom. The van der Waals surface area contributed by atoms with E-state index in [1.54, 1.807) is 0 Å². The maximum Gasteiger partial charge on any atom is 0.225 e. The largest absolute Gasteiger partial charge is 0.375 e. The van der Waals surface area contributed by atoms with Gasteiger partial charge in [-0.3, -0.25) is 4.79 Å². The molecule has 0 saturated carbocycles. The average Bonchev–Trinajstić information content (AvgIpc) is 3.12. The number of nitrogen functional groups attached to an aromatic ring is 1. The summed E-state index contributed by atoms with van der Waals surface area (Å²) in [5.41, 5.74) is 8.32. The number of piperidine rings is 1. The van der Waals surface area contributed by atoms with Crippen molar-refractivity contribution in [3.63, 3.8) is 0 Å². The van der Waals surface area contributed by atoms with Crippen LogP contribution in [0.15, 0.2) is 11.6 Å². The maximum atomic E-state index is 12.6. The minimum absolute atomic E-state index is 0.161. The zero-order valence-corrected chi connectivity index (χ0v) is 17.2. The molecule has 0 aliphatic carbocycles. The van der Waals surface area contributed by atoms with Gasteiger partial charge in [0.2, 0.25) is 11.9 Å². The van der Waals surface area contributed by atoms with Gasteiger partial charge in [0.05, 0.1) is 18.0 Å². The van der Waals surface area contributed by atoms with E-state index >= 15 is 0 Å². The predicted molar refractivity (Wildman–Crippen MR) is 108 cm³/mol. The van der Waals surface area contributed by atoms with Crippen molar-refractivity contribution in [2.45, 2.75) is 37.7 Å². The zero-order valence-electron chi connectivity index (χ0n) is 16.3. The van der Waals surface area contributed by atoms with Gasteiger partial charge >= 0.3 is 0 Å². The number of fused-ring (bicyclic) bond motifs is 2. The van der Waals surface area contributed by atoms with Crippen LogP contribution in [0.25, 0.3) is 0 Å². The number of nitrogens with two attached hydrogens (primary N) is 1. The average molecular weight is 403 g/mol. The van der Waals surface area contributed by atoms with Crippen molar-refractivity contribution in [3.8, 4) is 0 Å². The van der Waals surface area contributed by atoms with Gasteiger partial charge in [0.1, 0.15) is 5.60 Å². The summed E-state index contributed by atoms with van der Waals surface area (Å²) >= 11 is 1.41. The molecule has 4 rings (SSSR count). The van der Waals surface area contributed by atoms with Crippen LogP contribution in [0.2, 0.25) is 0 Å². The lowest BCUT2D eigenvalue weighted by Gasteiger charge is -2.44. The lowest BCUT2D eigenvalue weighted by molar-refractivity contribution is -0.141. The summed E-state index contributed by atoms with van der Waals surface area (Å²) in [4.78, 5) is 30.0. The van der Waals surface area contributed by atoms with Crippen LogP contribution in [0.1, 0.15) is 36.2 Å². The normalized spacial score (nSPS) is 18.1. The molecular formula is C19H26N6O2S. The van der Waals surface area contributed by atoms with Crippen LogP contribution in [-0.2, 0) is 28.0 Å². The number of anilines is 2. The fourth-order valence-corrected chi connectivity index (χ4v) is 4.54. The summed E-state index contributed by atoms with van der Waals surface area (Å²) in [6.07, 6.45) is 5.38. The molecule has 2 aromatic rings. The summed E-state index contributed by atoms with van der Waals surface area (Å²) in [5.74, 6) is 0.860. The van der Waals surface area contributed by atoms with Gasteiger partial charge < -0.3 is 20.3 Å². The van der Waals surface area contributed by atoms with E-state index in [4.69, 9.17) is 15.5 Å². The minimum atomic E-state index is -0.401. The lowest BCUT2D eigenvalue weighted by Crippen LogP contribution is -2.49. The number of likely N-dealkylation sites (tertiary alicyclic amines) is 1. The molecule has 1 amide bonds. The molecule has 1 spiro atoms. The Balaban J connectivity index is 1.42. The van der Waals surface area contributed by atoms with Crippen LogP contribution < -0.4 is 10.6 Å². The Bertz CT molecular complexity index is 860.